The minimum absolute atomic E-state index is 0.527. The number of hydrogen-bond acceptors (Lipinski definition) is 3. The van der Waals surface area contributed by atoms with E-state index < -0.39 is 0 Å². The van der Waals surface area contributed by atoms with Crippen molar-refractivity contribution in [2.24, 2.45) is 7.05 Å². The van der Waals surface area contributed by atoms with Crippen molar-refractivity contribution >= 4 is 5.95 Å². The average molecular weight is 182 g/mol. The van der Waals surface area contributed by atoms with Crippen LogP contribution in [0.25, 0.3) is 0 Å². The van der Waals surface area contributed by atoms with E-state index in [9.17, 15) is 0 Å². The first-order valence-corrected chi connectivity index (χ1v) is 4.81. The van der Waals surface area contributed by atoms with Gasteiger partial charge < -0.3 is 9.88 Å². The SMILES string of the molecule is CCC(CC)c1nnc(NC)n1C. The number of rotatable bonds is 4. The van der Waals surface area contributed by atoms with Gasteiger partial charge in [0.2, 0.25) is 5.95 Å². The minimum atomic E-state index is 0.527. The fourth-order valence-electron chi connectivity index (χ4n) is 1.57. The molecule has 0 aromatic carbocycles. The molecular formula is C9H18N4. The van der Waals surface area contributed by atoms with Gasteiger partial charge in [-0.25, -0.2) is 0 Å². The maximum absolute atomic E-state index is 4.18. The van der Waals surface area contributed by atoms with Gasteiger partial charge >= 0.3 is 0 Å². The van der Waals surface area contributed by atoms with Crippen molar-refractivity contribution in [2.45, 2.75) is 32.6 Å². The Morgan fingerprint density at radius 2 is 1.92 bits per heavy atom. The Kier molecular flexibility index (Phi) is 3.28. The minimum Gasteiger partial charge on any atom is -0.357 e. The van der Waals surface area contributed by atoms with Crippen molar-refractivity contribution in [3.8, 4) is 0 Å². The van der Waals surface area contributed by atoms with E-state index in [2.05, 4.69) is 29.4 Å². The maximum atomic E-state index is 4.18. The highest BCUT2D eigenvalue weighted by molar-refractivity contribution is 5.24. The van der Waals surface area contributed by atoms with E-state index in [1.807, 2.05) is 18.7 Å². The Morgan fingerprint density at radius 1 is 1.31 bits per heavy atom. The zero-order valence-corrected chi connectivity index (χ0v) is 8.83. The summed E-state index contributed by atoms with van der Waals surface area (Å²) >= 11 is 0. The molecule has 0 aliphatic rings. The van der Waals surface area contributed by atoms with Gasteiger partial charge in [0.15, 0.2) is 0 Å². The molecule has 1 heterocycles. The lowest BCUT2D eigenvalue weighted by Crippen LogP contribution is -2.06. The van der Waals surface area contributed by atoms with Gasteiger partial charge in [-0.05, 0) is 12.8 Å². The quantitative estimate of drug-likeness (QED) is 0.771. The average Bonchev–Trinajstić information content (AvgIpc) is 2.50. The van der Waals surface area contributed by atoms with Gasteiger partial charge in [-0.2, -0.15) is 0 Å². The molecule has 0 atom stereocenters. The Balaban J connectivity index is 2.93. The van der Waals surface area contributed by atoms with Crippen molar-refractivity contribution in [3.05, 3.63) is 5.82 Å². The highest BCUT2D eigenvalue weighted by Gasteiger charge is 2.15. The first-order valence-electron chi connectivity index (χ1n) is 4.81. The molecule has 1 aromatic heterocycles. The van der Waals surface area contributed by atoms with Crippen LogP contribution in [0, 0.1) is 0 Å². The van der Waals surface area contributed by atoms with Gasteiger partial charge in [0.1, 0.15) is 5.82 Å². The third-order valence-electron chi connectivity index (χ3n) is 2.48. The van der Waals surface area contributed by atoms with Gasteiger partial charge in [-0.15, -0.1) is 10.2 Å². The number of aromatic nitrogens is 3. The molecule has 0 bridgehead atoms. The summed E-state index contributed by atoms with van der Waals surface area (Å²) in [5.41, 5.74) is 0. The van der Waals surface area contributed by atoms with E-state index in [-0.39, 0.29) is 0 Å². The molecule has 74 valence electrons. The molecule has 4 heteroatoms. The number of hydrogen-bond donors (Lipinski definition) is 1. The summed E-state index contributed by atoms with van der Waals surface area (Å²) < 4.78 is 2.03. The highest BCUT2D eigenvalue weighted by Crippen LogP contribution is 2.21. The molecule has 4 nitrogen and oxygen atoms in total. The normalized spacial score (nSPS) is 10.8. The van der Waals surface area contributed by atoms with Gasteiger partial charge in [0, 0.05) is 20.0 Å². The lowest BCUT2D eigenvalue weighted by Gasteiger charge is -2.11. The van der Waals surface area contributed by atoms with Crippen LogP contribution < -0.4 is 5.32 Å². The summed E-state index contributed by atoms with van der Waals surface area (Å²) in [5, 5.41) is 11.2. The van der Waals surface area contributed by atoms with Crippen LogP contribution in [0.3, 0.4) is 0 Å². The lowest BCUT2D eigenvalue weighted by molar-refractivity contribution is 0.577. The summed E-state index contributed by atoms with van der Waals surface area (Å²) in [6, 6.07) is 0. The largest absolute Gasteiger partial charge is 0.357 e. The predicted molar refractivity (Wildman–Crippen MR) is 53.9 cm³/mol. The maximum Gasteiger partial charge on any atom is 0.224 e. The number of nitrogens with zero attached hydrogens (tertiary/aromatic N) is 3. The zero-order chi connectivity index (χ0) is 9.84. The summed E-state index contributed by atoms with van der Waals surface area (Å²) in [4.78, 5) is 0. The van der Waals surface area contributed by atoms with Crippen LogP contribution in [0.4, 0.5) is 5.95 Å². The second kappa shape index (κ2) is 4.25. The molecule has 0 aliphatic carbocycles. The smallest absolute Gasteiger partial charge is 0.224 e. The van der Waals surface area contributed by atoms with Crippen molar-refractivity contribution in [1.82, 2.24) is 14.8 Å². The van der Waals surface area contributed by atoms with Gasteiger partial charge in [-0.1, -0.05) is 13.8 Å². The molecule has 0 saturated carbocycles. The summed E-state index contributed by atoms with van der Waals surface area (Å²) in [5.74, 6) is 2.44. The number of anilines is 1. The second-order valence-electron chi connectivity index (χ2n) is 3.20. The fourth-order valence-corrected chi connectivity index (χ4v) is 1.57. The molecule has 0 saturated heterocycles. The third kappa shape index (κ3) is 1.82. The predicted octanol–water partition coefficient (Wildman–Crippen LogP) is 1.76. The molecule has 0 amide bonds. The molecule has 0 aliphatic heterocycles. The van der Waals surface area contributed by atoms with E-state index in [0.717, 1.165) is 24.6 Å². The highest BCUT2D eigenvalue weighted by atomic mass is 15.3. The Bertz CT molecular complexity index is 263. The molecule has 0 fully saturated rings. The lowest BCUT2D eigenvalue weighted by atomic mass is 10.0. The number of nitrogens with one attached hydrogen (secondary N) is 1. The fraction of sp³-hybridized carbons (Fsp3) is 0.778. The topological polar surface area (TPSA) is 42.7 Å². The van der Waals surface area contributed by atoms with Gasteiger partial charge in [0.05, 0.1) is 0 Å². The first-order chi connectivity index (χ1) is 6.24. The first kappa shape index (κ1) is 10.0. The van der Waals surface area contributed by atoms with E-state index in [1.165, 1.54) is 0 Å². The molecule has 0 radical (unpaired) electrons. The monoisotopic (exact) mass is 182 g/mol. The van der Waals surface area contributed by atoms with Crippen molar-refractivity contribution in [3.63, 3.8) is 0 Å². The molecule has 0 spiro atoms. The summed E-state index contributed by atoms with van der Waals surface area (Å²) in [6.45, 7) is 4.36. The van der Waals surface area contributed by atoms with E-state index in [1.54, 1.807) is 0 Å². The van der Waals surface area contributed by atoms with E-state index in [0.29, 0.717) is 5.92 Å². The van der Waals surface area contributed by atoms with Crippen molar-refractivity contribution in [2.75, 3.05) is 12.4 Å². The van der Waals surface area contributed by atoms with Gasteiger partial charge in [0.25, 0.3) is 0 Å². The van der Waals surface area contributed by atoms with Gasteiger partial charge in [-0.3, -0.25) is 0 Å². The van der Waals surface area contributed by atoms with Crippen LogP contribution in [0.2, 0.25) is 0 Å². The Morgan fingerprint density at radius 3 is 2.31 bits per heavy atom. The molecule has 0 unspecified atom stereocenters. The van der Waals surface area contributed by atoms with Crippen LogP contribution in [0.1, 0.15) is 38.4 Å². The molecule has 1 N–H and O–H groups in total. The molecule has 1 aromatic rings. The van der Waals surface area contributed by atoms with Crippen molar-refractivity contribution in [1.29, 1.82) is 0 Å². The van der Waals surface area contributed by atoms with Crippen LogP contribution in [0.5, 0.6) is 0 Å². The van der Waals surface area contributed by atoms with Crippen molar-refractivity contribution < 1.29 is 0 Å². The second-order valence-corrected chi connectivity index (χ2v) is 3.20. The van der Waals surface area contributed by atoms with E-state index >= 15 is 0 Å². The zero-order valence-electron chi connectivity index (χ0n) is 8.83. The summed E-state index contributed by atoms with van der Waals surface area (Å²) in [7, 11) is 3.86. The molecule has 1 rings (SSSR count). The summed E-state index contributed by atoms with van der Waals surface area (Å²) in [6.07, 6.45) is 2.23. The third-order valence-corrected chi connectivity index (χ3v) is 2.48. The van der Waals surface area contributed by atoms with Crippen LogP contribution >= 0.6 is 0 Å². The molecular weight excluding hydrogens is 164 g/mol. The van der Waals surface area contributed by atoms with Crippen LogP contribution in [-0.4, -0.2) is 21.8 Å². The Hall–Kier alpha value is -1.06. The molecule has 13 heavy (non-hydrogen) atoms. The van der Waals surface area contributed by atoms with Crippen LogP contribution in [0.15, 0.2) is 0 Å². The van der Waals surface area contributed by atoms with E-state index in [4.69, 9.17) is 0 Å². The standard InChI is InChI=1S/C9H18N4/c1-5-7(6-2)8-11-12-9(10-3)13(8)4/h7H,5-6H2,1-4H3,(H,10,12). The van der Waals surface area contributed by atoms with Crippen LogP contribution in [-0.2, 0) is 7.05 Å². The Labute approximate surface area is 79.4 Å².